The molecule has 0 saturated heterocycles. The summed E-state index contributed by atoms with van der Waals surface area (Å²) in [4.78, 5) is 34.1. The number of rotatable bonds is 7. The molecule has 30 heavy (non-hydrogen) atoms. The molecule has 0 unspecified atom stereocenters. The van der Waals surface area contributed by atoms with E-state index in [4.69, 9.17) is 0 Å². The van der Waals surface area contributed by atoms with Crippen molar-refractivity contribution in [1.29, 1.82) is 0 Å². The molecule has 2 aromatic heterocycles. The highest BCUT2D eigenvalue weighted by atomic mass is 19.1. The van der Waals surface area contributed by atoms with Gasteiger partial charge in [0.1, 0.15) is 18.2 Å². The van der Waals surface area contributed by atoms with Crippen LogP contribution in [0.25, 0.3) is 10.9 Å². The number of pyridine rings is 1. The number of aryl methyl sites for hydroxylation is 1. The lowest BCUT2D eigenvalue weighted by atomic mass is 10.1. The molecular formula is C22H26FN5O2. The second-order valence-corrected chi connectivity index (χ2v) is 7.50. The SMILES string of the molecule is C/C=C(F)\C=N/C(NC(=O)Cn1nc(CC)c2nc(C3CC3)ccc2c1=O)=C(C)C. The number of fused-ring (bicyclic) bond motifs is 1. The Bertz CT molecular complexity index is 1120. The Kier molecular flexibility index (Phi) is 6.54. The van der Waals surface area contributed by atoms with Crippen LogP contribution in [0.5, 0.6) is 0 Å². The van der Waals surface area contributed by atoms with E-state index in [1.165, 1.54) is 6.08 Å². The molecule has 0 aromatic carbocycles. The average Bonchev–Trinajstić information content (AvgIpc) is 3.57. The van der Waals surface area contributed by atoms with E-state index >= 15 is 0 Å². The highest BCUT2D eigenvalue weighted by molar-refractivity contribution is 5.82. The van der Waals surface area contributed by atoms with E-state index in [0.717, 1.165) is 29.4 Å². The van der Waals surface area contributed by atoms with Gasteiger partial charge in [-0.25, -0.2) is 14.1 Å². The number of hydrogen-bond acceptors (Lipinski definition) is 5. The standard InChI is InChI=1S/C22H26FN5O2/c1-5-15(23)11-24-21(13(3)4)26-19(29)12-28-22(30)16-9-10-18(14-7-8-14)25-20(16)17(6-2)27-28/h5,9-11,14H,6-8,12H2,1-4H3,(H,26,29)/b15-5+,24-11-. The molecule has 2 heterocycles. The Hall–Kier alpha value is -3.16. The van der Waals surface area contributed by atoms with Crippen molar-refractivity contribution in [2.24, 2.45) is 4.99 Å². The maximum Gasteiger partial charge on any atom is 0.276 e. The fourth-order valence-electron chi connectivity index (χ4n) is 2.99. The smallest absolute Gasteiger partial charge is 0.276 e. The predicted molar refractivity (Wildman–Crippen MR) is 115 cm³/mol. The van der Waals surface area contributed by atoms with Crippen LogP contribution in [0.4, 0.5) is 4.39 Å². The first-order valence-electron chi connectivity index (χ1n) is 10.1. The zero-order valence-electron chi connectivity index (χ0n) is 17.7. The van der Waals surface area contributed by atoms with Crippen LogP contribution in [0.3, 0.4) is 0 Å². The summed E-state index contributed by atoms with van der Waals surface area (Å²) in [6.07, 6.45) is 5.13. The molecule has 2 aromatic rings. The molecular weight excluding hydrogens is 385 g/mol. The predicted octanol–water partition coefficient (Wildman–Crippen LogP) is 3.54. The van der Waals surface area contributed by atoms with Crippen molar-refractivity contribution in [3.63, 3.8) is 0 Å². The lowest BCUT2D eigenvalue weighted by Gasteiger charge is -2.11. The van der Waals surface area contributed by atoms with Crippen molar-refractivity contribution < 1.29 is 9.18 Å². The van der Waals surface area contributed by atoms with Crippen LogP contribution < -0.4 is 10.9 Å². The van der Waals surface area contributed by atoms with Crippen molar-refractivity contribution in [1.82, 2.24) is 20.1 Å². The van der Waals surface area contributed by atoms with Gasteiger partial charge in [-0.3, -0.25) is 14.6 Å². The minimum atomic E-state index is -0.513. The number of nitrogens with one attached hydrogen (secondary N) is 1. The van der Waals surface area contributed by atoms with Gasteiger partial charge in [0.05, 0.1) is 22.8 Å². The molecule has 0 radical (unpaired) electrons. The summed E-state index contributed by atoms with van der Waals surface area (Å²) >= 11 is 0. The van der Waals surface area contributed by atoms with Gasteiger partial charge in [-0.15, -0.1) is 0 Å². The van der Waals surface area contributed by atoms with Gasteiger partial charge >= 0.3 is 0 Å². The number of hydrogen-bond donors (Lipinski definition) is 1. The van der Waals surface area contributed by atoms with Crippen molar-refractivity contribution in [3.8, 4) is 0 Å². The zero-order chi connectivity index (χ0) is 21.8. The molecule has 1 aliphatic carbocycles. The average molecular weight is 411 g/mol. The highest BCUT2D eigenvalue weighted by Gasteiger charge is 2.26. The molecule has 1 amide bonds. The fraction of sp³-hybridized carbons (Fsp3) is 0.409. The zero-order valence-corrected chi connectivity index (χ0v) is 17.7. The number of carbonyl (C=O) groups is 1. The van der Waals surface area contributed by atoms with Gasteiger partial charge in [0.15, 0.2) is 0 Å². The molecule has 1 aliphatic rings. The third kappa shape index (κ3) is 4.87. The maximum atomic E-state index is 13.3. The van der Waals surface area contributed by atoms with Gasteiger partial charge in [0, 0.05) is 11.6 Å². The fourth-order valence-corrected chi connectivity index (χ4v) is 2.99. The third-order valence-corrected chi connectivity index (χ3v) is 4.84. The molecule has 3 rings (SSSR count). The van der Waals surface area contributed by atoms with Crippen LogP contribution in [-0.2, 0) is 17.8 Å². The van der Waals surface area contributed by atoms with E-state index in [1.54, 1.807) is 26.8 Å². The van der Waals surface area contributed by atoms with Gasteiger partial charge in [-0.1, -0.05) is 13.0 Å². The molecule has 0 spiro atoms. The molecule has 1 N–H and O–H groups in total. The van der Waals surface area contributed by atoms with Crippen molar-refractivity contribution in [3.05, 3.63) is 57.2 Å². The molecule has 8 heteroatoms. The van der Waals surface area contributed by atoms with Crippen LogP contribution >= 0.6 is 0 Å². The summed E-state index contributed by atoms with van der Waals surface area (Å²) in [5.74, 6) is -0.274. The Morgan fingerprint density at radius 2 is 2.10 bits per heavy atom. The van der Waals surface area contributed by atoms with Crippen molar-refractivity contribution >= 4 is 23.0 Å². The van der Waals surface area contributed by atoms with Crippen LogP contribution in [0, 0.1) is 0 Å². The van der Waals surface area contributed by atoms with E-state index in [9.17, 15) is 14.0 Å². The monoisotopic (exact) mass is 411 g/mol. The van der Waals surface area contributed by atoms with Gasteiger partial charge in [0.2, 0.25) is 5.91 Å². The van der Waals surface area contributed by atoms with Gasteiger partial charge < -0.3 is 5.32 Å². The summed E-state index contributed by atoms with van der Waals surface area (Å²) in [5.41, 5.74) is 2.62. The highest BCUT2D eigenvalue weighted by Crippen LogP contribution is 2.39. The van der Waals surface area contributed by atoms with E-state index in [0.29, 0.717) is 34.5 Å². The Balaban J connectivity index is 1.87. The first-order chi connectivity index (χ1) is 14.3. The largest absolute Gasteiger partial charge is 0.309 e. The number of aromatic nitrogens is 3. The molecule has 0 bridgehead atoms. The lowest BCUT2D eigenvalue weighted by molar-refractivity contribution is -0.121. The molecule has 1 saturated carbocycles. The quantitative estimate of drug-likeness (QED) is 0.706. The number of amides is 1. The summed E-state index contributed by atoms with van der Waals surface area (Å²) in [6, 6.07) is 3.66. The van der Waals surface area contributed by atoms with E-state index in [-0.39, 0.29) is 17.9 Å². The first-order valence-corrected chi connectivity index (χ1v) is 10.1. The topological polar surface area (TPSA) is 89.2 Å². The minimum Gasteiger partial charge on any atom is -0.309 e. The second-order valence-electron chi connectivity index (χ2n) is 7.50. The first kappa shape index (κ1) is 21.5. The lowest BCUT2D eigenvalue weighted by Crippen LogP contribution is -2.34. The molecule has 1 fully saturated rings. The van der Waals surface area contributed by atoms with Crippen molar-refractivity contribution in [2.75, 3.05) is 0 Å². The second kappa shape index (κ2) is 9.11. The van der Waals surface area contributed by atoms with E-state index < -0.39 is 11.7 Å². The Morgan fingerprint density at radius 3 is 2.70 bits per heavy atom. The van der Waals surface area contributed by atoms with E-state index in [1.807, 2.05) is 13.0 Å². The molecule has 0 atom stereocenters. The third-order valence-electron chi connectivity index (χ3n) is 4.84. The van der Waals surface area contributed by atoms with Gasteiger partial charge in [-0.2, -0.15) is 5.10 Å². The Labute approximate surface area is 174 Å². The number of nitrogens with zero attached hydrogens (tertiary/aromatic N) is 4. The summed E-state index contributed by atoms with van der Waals surface area (Å²) < 4.78 is 14.5. The number of halogens is 1. The molecule has 7 nitrogen and oxygen atoms in total. The van der Waals surface area contributed by atoms with Gasteiger partial charge in [-0.05, 0) is 57.7 Å². The van der Waals surface area contributed by atoms with Crippen molar-refractivity contribution in [2.45, 2.75) is 59.4 Å². The van der Waals surface area contributed by atoms with E-state index in [2.05, 4.69) is 20.4 Å². The molecule has 158 valence electrons. The van der Waals surface area contributed by atoms with Crippen LogP contribution in [0.1, 0.15) is 57.8 Å². The van der Waals surface area contributed by atoms with Crippen LogP contribution in [0.2, 0.25) is 0 Å². The number of aliphatic imine (C=N–C) groups is 1. The maximum absolute atomic E-state index is 13.3. The number of carbonyl (C=O) groups excluding carboxylic acids is 1. The normalized spacial score (nSPS) is 14.4. The van der Waals surface area contributed by atoms with Crippen LogP contribution in [0.15, 0.2) is 45.2 Å². The minimum absolute atomic E-state index is 0.234. The number of allylic oxidation sites excluding steroid dienone is 3. The summed E-state index contributed by atoms with van der Waals surface area (Å²) in [5, 5.41) is 7.45. The van der Waals surface area contributed by atoms with Crippen LogP contribution in [-0.4, -0.2) is 26.9 Å². The summed E-state index contributed by atoms with van der Waals surface area (Å²) in [6.45, 7) is 6.71. The summed E-state index contributed by atoms with van der Waals surface area (Å²) in [7, 11) is 0. The molecule has 0 aliphatic heterocycles. The van der Waals surface area contributed by atoms with Gasteiger partial charge in [0.25, 0.3) is 5.56 Å². The Morgan fingerprint density at radius 1 is 1.37 bits per heavy atom.